The first-order valence-electron chi connectivity index (χ1n) is 11.6. The molecular formula is C24H28N6O4. The molecule has 0 radical (unpaired) electrons. The van der Waals surface area contributed by atoms with Crippen LogP contribution in [-0.2, 0) is 18.3 Å². The summed E-state index contributed by atoms with van der Waals surface area (Å²) in [4.78, 5) is 13.0. The Morgan fingerprint density at radius 3 is 2.68 bits per heavy atom. The molecule has 178 valence electrons. The van der Waals surface area contributed by atoms with Gasteiger partial charge in [-0.05, 0) is 55.9 Å². The lowest BCUT2D eigenvalue weighted by Crippen LogP contribution is -2.27. The van der Waals surface area contributed by atoms with E-state index in [9.17, 15) is 4.79 Å². The molecule has 1 fully saturated rings. The predicted octanol–water partition coefficient (Wildman–Crippen LogP) is 3.18. The largest absolute Gasteiger partial charge is 0.491 e. The summed E-state index contributed by atoms with van der Waals surface area (Å²) >= 11 is 0. The molecule has 34 heavy (non-hydrogen) atoms. The Morgan fingerprint density at radius 1 is 1.06 bits per heavy atom. The predicted molar refractivity (Wildman–Crippen MR) is 125 cm³/mol. The first-order chi connectivity index (χ1) is 16.6. The number of rotatable bonds is 8. The van der Waals surface area contributed by atoms with Crippen LogP contribution < -0.4 is 10.4 Å². The molecule has 10 nitrogen and oxygen atoms in total. The molecule has 0 spiro atoms. The summed E-state index contributed by atoms with van der Waals surface area (Å²) in [5.74, 6) is 2.41. The van der Waals surface area contributed by atoms with Crippen LogP contribution in [0.25, 0.3) is 22.6 Å². The molecule has 0 N–H and O–H groups in total. The number of aryl methyl sites for hydroxylation is 1. The lowest BCUT2D eigenvalue weighted by molar-refractivity contribution is 0.146. The van der Waals surface area contributed by atoms with Crippen LogP contribution in [0.3, 0.4) is 0 Å². The summed E-state index contributed by atoms with van der Waals surface area (Å²) in [5.41, 5.74) is 2.38. The van der Waals surface area contributed by atoms with E-state index in [4.69, 9.17) is 13.9 Å². The van der Waals surface area contributed by atoms with Gasteiger partial charge in [-0.25, -0.2) is 4.79 Å². The van der Waals surface area contributed by atoms with Crippen molar-refractivity contribution in [3.63, 3.8) is 0 Å². The molecule has 4 aromatic rings. The topological polar surface area (TPSA) is 110 Å². The van der Waals surface area contributed by atoms with Crippen LogP contribution in [0.1, 0.15) is 37.5 Å². The van der Waals surface area contributed by atoms with Crippen molar-refractivity contribution in [3.8, 4) is 17.3 Å². The Hall–Kier alpha value is -3.53. The van der Waals surface area contributed by atoms with Gasteiger partial charge < -0.3 is 13.9 Å². The molecule has 3 heterocycles. The van der Waals surface area contributed by atoms with Crippen molar-refractivity contribution in [1.82, 2.24) is 29.5 Å². The summed E-state index contributed by atoms with van der Waals surface area (Å²) in [7, 11) is 3.46. The molecular weight excluding hydrogens is 436 g/mol. The van der Waals surface area contributed by atoms with E-state index < -0.39 is 0 Å². The van der Waals surface area contributed by atoms with Gasteiger partial charge in [0, 0.05) is 38.9 Å². The molecule has 0 atom stereocenters. The number of ether oxygens (including phenoxy) is 2. The number of methoxy groups -OCH3 is 1. The third-order valence-corrected chi connectivity index (χ3v) is 6.54. The zero-order valence-corrected chi connectivity index (χ0v) is 19.4. The van der Waals surface area contributed by atoms with Gasteiger partial charge in [-0.2, -0.15) is 5.10 Å². The highest BCUT2D eigenvalue weighted by molar-refractivity contribution is 5.77. The van der Waals surface area contributed by atoms with Gasteiger partial charge in [0.2, 0.25) is 5.89 Å². The van der Waals surface area contributed by atoms with Gasteiger partial charge in [0.05, 0.1) is 17.6 Å². The monoisotopic (exact) mass is 464 g/mol. The fourth-order valence-corrected chi connectivity index (χ4v) is 4.67. The minimum absolute atomic E-state index is 0.00308. The minimum Gasteiger partial charge on any atom is -0.491 e. The molecule has 0 amide bonds. The van der Waals surface area contributed by atoms with Crippen molar-refractivity contribution in [2.24, 2.45) is 13.0 Å². The van der Waals surface area contributed by atoms with Crippen LogP contribution >= 0.6 is 0 Å². The van der Waals surface area contributed by atoms with Crippen LogP contribution in [-0.4, -0.2) is 49.9 Å². The molecule has 0 aliphatic heterocycles. The molecule has 1 aliphatic rings. The average Bonchev–Trinajstić information content (AvgIpc) is 3.45. The van der Waals surface area contributed by atoms with Crippen molar-refractivity contribution < 1.29 is 13.9 Å². The van der Waals surface area contributed by atoms with Gasteiger partial charge >= 0.3 is 5.69 Å². The van der Waals surface area contributed by atoms with Gasteiger partial charge in [0.15, 0.2) is 0 Å². The summed E-state index contributed by atoms with van der Waals surface area (Å²) in [6, 6.07) is 9.38. The van der Waals surface area contributed by atoms with E-state index in [1.807, 2.05) is 29.8 Å². The number of imidazole rings is 1. The second-order valence-electron chi connectivity index (χ2n) is 8.72. The second-order valence-corrected chi connectivity index (χ2v) is 8.72. The maximum atomic E-state index is 13.0. The molecule has 5 rings (SSSR count). The first-order valence-corrected chi connectivity index (χ1v) is 11.6. The van der Waals surface area contributed by atoms with E-state index in [0.717, 1.165) is 42.5 Å². The van der Waals surface area contributed by atoms with Crippen molar-refractivity contribution >= 4 is 11.0 Å². The molecule has 0 unspecified atom stereocenters. The van der Waals surface area contributed by atoms with Crippen molar-refractivity contribution in [1.29, 1.82) is 0 Å². The van der Waals surface area contributed by atoms with E-state index in [1.54, 1.807) is 30.0 Å². The number of fused-ring (bicyclic) bond motifs is 1. The van der Waals surface area contributed by atoms with E-state index in [-0.39, 0.29) is 11.6 Å². The summed E-state index contributed by atoms with van der Waals surface area (Å²) < 4.78 is 20.3. The van der Waals surface area contributed by atoms with E-state index in [2.05, 4.69) is 20.4 Å². The van der Waals surface area contributed by atoms with E-state index in [1.165, 1.54) is 0 Å². The Balaban J connectivity index is 1.27. The average molecular weight is 465 g/mol. The zero-order chi connectivity index (χ0) is 23.5. The molecule has 1 saturated carbocycles. The highest BCUT2D eigenvalue weighted by atomic mass is 16.5. The van der Waals surface area contributed by atoms with Crippen molar-refractivity contribution in [3.05, 3.63) is 52.9 Å². The summed E-state index contributed by atoms with van der Waals surface area (Å²) in [6.45, 7) is 1.67. The summed E-state index contributed by atoms with van der Waals surface area (Å²) in [5, 5.41) is 16.3. The van der Waals surface area contributed by atoms with Gasteiger partial charge in [-0.1, -0.05) is 0 Å². The molecule has 1 aromatic carbocycles. The van der Waals surface area contributed by atoms with Gasteiger partial charge in [-0.15, -0.1) is 15.3 Å². The number of hydrogen-bond acceptors (Lipinski definition) is 8. The standard InChI is InChI=1S/C24H28N6O4/c1-29-20-10-9-18(33-13-12-32-2)14-21(20)30(24(29)31)15-16-5-7-17(8-6-16)22-27-28-23(34-22)19-4-3-11-25-26-19/h3-4,9-11,14,16-17H,5-8,12-13,15H2,1-2H3. The fourth-order valence-electron chi connectivity index (χ4n) is 4.67. The Kier molecular flexibility index (Phi) is 6.39. The number of aromatic nitrogens is 6. The van der Waals surface area contributed by atoms with E-state index in [0.29, 0.717) is 43.2 Å². The maximum Gasteiger partial charge on any atom is 0.328 e. The van der Waals surface area contributed by atoms with Crippen LogP contribution in [0.5, 0.6) is 5.75 Å². The Labute approximate surface area is 196 Å². The normalized spacial score (nSPS) is 18.4. The zero-order valence-electron chi connectivity index (χ0n) is 19.4. The fraction of sp³-hybridized carbons (Fsp3) is 0.458. The SMILES string of the molecule is COCCOc1ccc2c(c1)n(CC1CCC(c3nnc(-c4cccnn4)o3)CC1)c(=O)n2C. The van der Waals surface area contributed by atoms with Gasteiger partial charge in [-0.3, -0.25) is 9.13 Å². The van der Waals surface area contributed by atoms with Crippen LogP contribution in [0, 0.1) is 5.92 Å². The summed E-state index contributed by atoms with van der Waals surface area (Å²) in [6.07, 6.45) is 5.47. The number of benzene rings is 1. The highest BCUT2D eigenvalue weighted by Crippen LogP contribution is 2.37. The Morgan fingerprint density at radius 2 is 1.91 bits per heavy atom. The highest BCUT2D eigenvalue weighted by Gasteiger charge is 2.28. The van der Waals surface area contributed by atoms with Gasteiger partial charge in [0.25, 0.3) is 5.89 Å². The van der Waals surface area contributed by atoms with Crippen LogP contribution in [0.2, 0.25) is 0 Å². The van der Waals surface area contributed by atoms with Crippen molar-refractivity contribution in [2.75, 3.05) is 20.3 Å². The third kappa shape index (κ3) is 4.45. The van der Waals surface area contributed by atoms with E-state index >= 15 is 0 Å². The minimum atomic E-state index is -0.00308. The molecule has 0 bridgehead atoms. The van der Waals surface area contributed by atoms with Gasteiger partial charge in [0.1, 0.15) is 18.1 Å². The van der Waals surface area contributed by atoms with Crippen LogP contribution in [0.15, 0.2) is 45.7 Å². The lowest BCUT2D eigenvalue weighted by Gasteiger charge is -2.26. The molecule has 3 aromatic heterocycles. The quantitative estimate of drug-likeness (QED) is 0.366. The third-order valence-electron chi connectivity index (χ3n) is 6.54. The van der Waals surface area contributed by atoms with Crippen LogP contribution in [0.4, 0.5) is 0 Å². The molecule has 10 heteroatoms. The maximum absolute atomic E-state index is 13.0. The number of nitrogens with zero attached hydrogens (tertiary/aromatic N) is 6. The molecule has 1 aliphatic carbocycles. The lowest BCUT2D eigenvalue weighted by atomic mass is 9.82. The smallest absolute Gasteiger partial charge is 0.328 e. The second kappa shape index (κ2) is 9.76. The Bertz CT molecular complexity index is 1300. The molecule has 0 saturated heterocycles. The number of hydrogen-bond donors (Lipinski definition) is 0. The first kappa shape index (κ1) is 22.3. The van der Waals surface area contributed by atoms with Crippen molar-refractivity contribution in [2.45, 2.75) is 38.1 Å².